The lowest BCUT2D eigenvalue weighted by Crippen LogP contribution is -2.40. The van der Waals surface area contributed by atoms with Crippen molar-refractivity contribution in [3.63, 3.8) is 0 Å². The van der Waals surface area contributed by atoms with Crippen molar-refractivity contribution in [3.8, 4) is 0 Å². The van der Waals surface area contributed by atoms with Gasteiger partial charge in [-0.15, -0.1) is 5.10 Å². The predicted octanol–water partition coefficient (Wildman–Crippen LogP) is 2.11. The molecule has 1 fully saturated rings. The zero-order valence-corrected chi connectivity index (χ0v) is 15.7. The Hall–Kier alpha value is -2.68. The molecule has 2 amide bonds. The molecular formula is C18H25N5O4. The van der Waals surface area contributed by atoms with Gasteiger partial charge in [-0.3, -0.25) is 10.1 Å². The lowest BCUT2D eigenvalue weighted by Gasteiger charge is -2.26. The van der Waals surface area contributed by atoms with Crippen LogP contribution in [0.4, 0.5) is 10.6 Å². The number of carbonyl (C=O) groups is 2. The first-order valence-corrected chi connectivity index (χ1v) is 9.05. The van der Waals surface area contributed by atoms with Crippen LogP contribution in [0.2, 0.25) is 0 Å². The molecule has 0 aliphatic heterocycles. The number of hydrogen-bond donors (Lipinski definition) is 3. The van der Waals surface area contributed by atoms with Crippen LogP contribution in [0.1, 0.15) is 56.8 Å². The zero-order valence-electron chi connectivity index (χ0n) is 15.7. The molecule has 2 atom stereocenters. The SMILES string of the molecule is CC(C)(C)OC(=O)Nc1nn2cccnc2c1C(=O)NC1CCCC(O)C1. The van der Waals surface area contributed by atoms with Gasteiger partial charge in [-0.1, -0.05) is 0 Å². The van der Waals surface area contributed by atoms with Crippen LogP contribution in [0.3, 0.4) is 0 Å². The lowest BCUT2D eigenvalue weighted by molar-refractivity contribution is 0.0635. The highest BCUT2D eigenvalue weighted by molar-refractivity contribution is 6.06. The minimum Gasteiger partial charge on any atom is -0.444 e. The van der Waals surface area contributed by atoms with Crippen LogP contribution in [-0.2, 0) is 4.74 Å². The molecule has 0 saturated heterocycles. The Kier molecular flexibility index (Phi) is 5.31. The monoisotopic (exact) mass is 375 g/mol. The number of carbonyl (C=O) groups excluding carboxylic acids is 2. The Morgan fingerprint density at radius 1 is 1.33 bits per heavy atom. The van der Waals surface area contributed by atoms with E-state index in [0.717, 1.165) is 19.3 Å². The average molecular weight is 375 g/mol. The molecule has 0 radical (unpaired) electrons. The number of rotatable bonds is 3. The van der Waals surface area contributed by atoms with Gasteiger partial charge in [-0.25, -0.2) is 14.3 Å². The average Bonchev–Trinajstić information content (AvgIpc) is 2.90. The van der Waals surface area contributed by atoms with Crippen molar-refractivity contribution >= 4 is 23.5 Å². The second-order valence-electron chi connectivity index (χ2n) is 7.73. The fraction of sp³-hybridized carbons (Fsp3) is 0.556. The standard InChI is InChI=1S/C18H25N5O4/c1-18(2,3)27-17(26)21-14-13(15-19-8-5-9-23(15)22-14)16(25)20-11-6-4-7-12(24)10-11/h5,8-9,11-12,24H,4,6-7,10H2,1-3H3,(H,20,25)(H,21,22,26). The molecule has 146 valence electrons. The molecule has 2 aromatic heterocycles. The van der Waals surface area contributed by atoms with Crippen LogP contribution < -0.4 is 10.6 Å². The number of hydrogen-bond acceptors (Lipinski definition) is 6. The van der Waals surface area contributed by atoms with Gasteiger partial charge in [0.2, 0.25) is 0 Å². The zero-order chi connectivity index (χ0) is 19.6. The summed E-state index contributed by atoms with van der Waals surface area (Å²) < 4.78 is 6.68. The van der Waals surface area contributed by atoms with E-state index >= 15 is 0 Å². The van der Waals surface area contributed by atoms with Crippen LogP contribution in [0.25, 0.3) is 5.65 Å². The minimum atomic E-state index is -0.701. The largest absolute Gasteiger partial charge is 0.444 e. The predicted molar refractivity (Wildman–Crippen MR) is 98.6 cm³/mol. The normalized spacial score (nSPS) is 20.3. The van der Waals surface area contributed by atoms with Crippen LogP contribution >= 0.6 is 0 Å². The van der Waals surface area contributed by atoms with E-state index in [2.05, 4.69) is 20.7 Å². The summed E-state index contributed by atoms with van der Waals surface area (Å²) in [6.07, 6.45) is 4.98. The third kappa shape index (κ3) is 4.73. The summed E-state index contributed by atoms with van der Waals surface area (Å²) in [7, 11) is 0. The fourth-order valence-electron chi connectivity index (χ4n) is 3.14. The highest BCUT2D eigenvalue weighted by Crippen LogP contribution is 2.23. The van der Waals surface area contributed by atoms with E-state index in [-0.39, 0.29) is 17.4 Å². The molecule has 9 nitrogen and oxygen atoms in total. The van der Waals surface area contributed by atoms with Gasteiger partial charge in [0.1, 0.15) is 11.2 Å². The number of amides is 2. The minimum absolute atomic E-state index is 0.0804. The van der Waals surface area contributed by atoms with E-state index in [1.807, 2.05) is 0 Å². The number of anilines is 1. The molecule has 2 heterocycles. The van der Waals surface area contributed by atoms with E-state index in [4.69, 9.17) is 4.74 Å². The molecule has 0 aromatic carbocycles. The van der Waals surface area contributed by atoms with E-state index in [0.29, 0.717) is 12.1 Å². The number of aliphatic hydroxyl groups excluding tert-OH is 1. The smallest absolute Gasteiger partial charge is 0.413 e. The van der Waals surface area contributed by atoms with Gasteiger partial charge in [-0.05, 0) is 52.5 Å². The number of ether oxygens (including phenoxy) is 1. The maximum absolute atomic E-state index is 12.9. The van der Waals surface area contributed by atoms with E-state index < -0.39 is 23.7 Å². The molecule has 0 bridgehead atoms. The molecule has 2 aromatic rings. The van der Waals surface area contributed by atoms with Crippen LogP contribution in [0.5, 0.6) is 0 Å². The summed E-state index contributed by atoms with van der Waals surface area (Å²) in [6, 6.07) is 1.55. The number of nitrogens with one attached hydrogen (secondary N) is 2. The van der Waals surface area contributed by atoms with E-state index in [1.165, 1.54) is 4.52 Å². The van der Waals surface area contributed by atoms with Crippen LogP contribution in [0.15, 0.2) is 18.5 Å². The first-order chi connectivity index (χ1) is 12.7. The van der Waals surface area contributed by atoms with Crippen molar-refractivity contribution < 1.29 is 19.4 Å². The maximum Gasteiger partial charge on any atom is 0.413 e. The summed E-state index contributed by atoms with van der Waals surface area (Å²) in [4.78, 5) is 29.3. The van der Waals surface area contributed by atoms with Gasteiger partial charge in [0.25, 0.3) is 5.91 Å². The van der Waals surface area contributed by atoms with Crippen molar-refractivity contribution in [2.24, 2.45) is 0 Å². The molecule has 1 aliphatic carbocycles. The highest BCUT2D eigenvalue weighted by atomic mass is 16.6. The van der Waals surface area contributed by atoms with E-state index in [1.54, 1.807) is 39.2 Å². The Morgan fingerprint density at radius 2 is 2.11 bits per heavy atom. The summed E-state index contributed by atoms with van der Waals surface area (Å²) in [5.41, 5.74) is -0.179. The number of fused-ring (bicyclic) bond motifs is 1. The Morgan fingerprint density at radius 3 is 2.81 bits per heavy atom. The Bertz CT molecular complexity index is 842. The van der Waals surface area contributed by atoms with Gasteiger partial charge < -0.3 is 15.2 Å². The summed E-state index contributed by atoms with van der Waals surface area (Å²) >= 11 is 0. The second kappa shape index (κ2) is 7.51. The quantitative estimate of drug-likeness (QED) is 0.756. The highest BCUT2D eigenvalue weighted by Gasteiger charge is 2.28. The molecule has 3 N–H and O–H groups in total. The van der Waals surface area contributed by atoms with Gasteiger partial charge in [0.05, 0.1) is 6.10 Å². The van der Waals surface area contributed by atoms with Crippen molar-refractivity contribution in [1.29, 1.82) is 0 Å². The van der Waals surface area contributed by atoms with Crippen LogP contribution in [0, 0.1) is 0 Å². The molecule has 1 saturated carbocycles. The molecule has 9 heteroatoms. The summed E-state index contributed by atoms with van der Waals surface area (Å²) in [5.74, 6) is -0.314. The third-order valence-electron chi connectivity index (χ3n) is 4.22. The first-order valence-electron chi connectivity index (χ1n) is 9.05. The van der Waals surface area contributed by atoms with E-state index in [9.17, 15) is 14.7 Å². The third-order valence-corrected chi connectivity index (χ3v) is 4.22. The number of aliphatic hydroxyl groups is 1. The summed E-state index contributed by atoms with van der Waals surface area (Å²) in [6.45, 7) is 5.25. The second-order valence-corrected chi connectivity index (χ2v) is 7.73. The molecule has 1 aliphatic rings. The Balaban J connectivity index is 1.86. The fourth-order valence-corrected chi connectivity index (χ4v) is 3.14. The Labute approximate surface area is 157 Å². The molecule has 3 rings (SSSR count). The van der Waals surface area contributed by atoms with Crippen LogP contribution in [-0.4, -0.2) is 49.5 Å². The summed E-state index contributed by atoms with van der Waals surface area (Å²) in [5, 5.41) is 19.5. The first kappa shape index (κ1) is 19.1. The molecule has 27 heavy (non-hydrogen) atoms. The van der Waals surface area contributed by atoms with Crippen molar-refractivity contribution in [3.05, 3.63) is 24.0 Å². The topological polar surface area (TPSA) is 118 Å². The lowest BCUT2D eigenvalue weighted by atomic mass is 9.93. The van der Waals surface area contributed by atoms with Crippen molar-refractivity contribution in [1.82, 2.24) is 19.9 Å². The van der Waals surface area contributed by atoms with Gasteiger partial charge in [0, 0.05) is 18.4 Å². The molecule has 0 spiro atoms. The van der Waals surface area contributed by atoms with Crippen molar-refractivity contribution in [2.75, 3.05) is 5.32 Å². The molecule has 2 unspecified atom stereocenters. The van der Waals surface area contributed by atoms with Gasteiger partial charge >= 0.3 is 6.09 Å². The van der Waals surface area contributed by atoms with Gasteiger partial charge in [0.15, 0.2) is 11.5 Å². The molecular weight excluding hydrogens is 350 g/mol. The van der Waals surface area contributed by atoms with Crippen molar-refractivity contribution in [2.45, 2.75) is 64.2 Å². The number of aromatic nitrogens is 3. The number of nitrogens with zero attached hydrogens (tertiary/aromatic N) is 3. The maximum atomic E-state index is 12.9. The van der Waals surface area contributed by atoms with Gasteiger partial charge in [-0.2, -0.15) is 0 Å².